The van der Waals surface area contributed by atoms with Crippen LogP contribution >= 0.6 is 24.0 Å². The highest BCUT2D eigenvalue weighted by molar-refractivity contribution is 14.0. The lowest BCUT2D eigenvalue weighted by molar-refractivity contribution is 0.602. The average molecular weight is 530 g/mol. The molecular weight excluding hydrogens is 506 g/mol. The molecule has 0 aliphatic carbocycles. The first-order chi connectivity index (χ1) is 13.3. The van der Waals surface area contributed by atoms with E-state index >= 15 is 0 Å². The summed E-state index contributed by atoms with van der Waals surface area (Å²) in [6.45, 7) is 3.32. The summed E-state index contributed by atoms with van der Waals surface area (Å²) in [4.78, 5) is 4.66. The Bertz CT molecular complexity index is 987. The fraction of sp³-hybridized carbons (Fsp3) is 0.300. The standard InChI is InChI=1S/C20H23FN4O2S.HI/c1-3-23-20(25-14-17-7-4-16(13-22)12-19(17)21)24-11-10-15-5-8-18(9-6-15)28(2,26)27;/h4-9,12H,3,10-11,14H2,1-2H3,(H2,23,24,25);1H. The summed E-state index contributed by atoms with van der Waals surface area (Å²) in [5.74, 6) is 0.101. The summed E-state index contributed by atoms with van der Waals surface area (Å²) in [6, 6.07) is 13.0. The van der Waals surface area contributed by atoms with Gasteiger partial charge in [-0.15, -0.1) is 24.0 Å². The molecule has 0 saturated heterocycles. The largest absolute Gasteiger partial charge is 0.357 e. The van der Waals surface area contributed by atoms with Crippen LogP contribution in [0, 0.1) is 17.1 Å². The van der Waals surface area contributed by atoms with Crippen LogP contribution in [0.15, 0.2) is 52.4 Å². The van der Waals surface area contributed by atoms with Crippen molar-refractivity contribution < 1.29 is 12.8 Å². The van der Waals surface area contributed by atoms with E-state index in [0.29, 0.717) is 35.9 Å². The van der Waals surface area contributed by atoms with Crippen molar-refractivity contribution in [1.29, 1.82) is 5.26 Å². The van der Waals surface area contributed by atoms with E-state index in [2.05, 4.69) is 15.6 Å². The maximum absolute atomic E-state index is 14.0. The highest BCUT2D eigenvalue weighted by Gasteiger charge is 2.07. The van der Waals surface area contributed by atoms with Crippen molar-refractivity contribution in [2.75, 3.05) is 19.3 Å². The number of nitrogens with zero attached hydrogens (tertiary/aromatic N) is 2. The Morgan fingerprint density at radius 3 is 2.41 bits per heavy atom. The van der Waals surface area contributed by atoms with Gasteiger partial charge in [0.05, 0.1) is 23.1 Å². The van der Waals surface area contributed by atoms with Gasteiger partial charge in [0.2, 0.25) is 0 Å². The fourth-order valence-corrected chi connectivity index (χ4v) is 3.11. The predicted octanol–water partition coefficient (Wildman–Crippen LogP) is 3.02. The first-order valence-electron chi connectivity index (χ1n) is 8.83. The van der Waals surface area contributed by atoms with Crippen LogP contribution in [0.25, 0.3) is 0 Å². The van der Waals surface area contributed by atoms with Crippen molar-refractivity contribution in [3.8, 4) is 6.07 Å². The smallest absolute Gasteiger partial charge is 0.191 e. The molecule has 0 aliphatic heterocycles. The Morgan fingerprint density at radius 2 is 1.86 bits per heavy atom. The molecule has 6 nitrogen and oxygen atoms in total. The minimum Gasteiger partial charge on any atom is -0.357 e. The normalized spacial score (nSPS) is 11.3. The Kier molecular flexibility index (Phi) is 10.0. The van der Waals surface area contributed by atoms with Gasteiger partial charge in [-0.3, -0.25) is 0 Å². The molecule has 2 aromatic carbocycles. The molecule has 2 rings (SSSR count). The highest BCUT2D eigenvalue weighted by atomic mass is 127. The van der Waals surface area contributed by atoms with Crippen molar-refractivity contribution in [2.24, 2.45) is 4.99 Å². The number of nitriles is 1. The number of halogens is 2. The van der Waals surface area contributed by atoms with E-state index in [-0.39, 0.29) is 36.1 Å². The summed E-state index contributed by atoms with van der Waals surface area (Å²) in [6.07, 6.45) is 1.86. The molecule has 9 heteroatoms. The van der Waals surface area contributed by atoms with Gasteiger partial charge in [-0.1, -0.05) is 18.2 Å². The maximum Gasteiger partial charge on any atom is 0.191 e. The third-order valence-corrected chi connectivity index (χ3v) is 5.12. The van der Waals surface area contributed by atoms with Crippen LogP contribution in [0.1, 0.15) is 23.6 Å². The van der Waals surface area contributed by atoms with Gasteiger partial charge in [-0.25, -0.2) is 17.8 Å². The number of hydrogen-bond acceptors (Lipinski definition) is 4. The summed E-state index contributed by atoms with van der Waals surface area (Å²) < 4.78 is 36.9. The number of benzene rings is 2. The van der Waals surface area contributed by atoms with E-state index in [1.807, 2.05) is 13.0 Å². The molecule has 0 aliphatic rings. The third kappa shape index (κ3) is 7.98. The SMILES string of the molecule is CCNC(=NCc1ccc(C#N)cc1F)NCCc1ccc(S(C)(=O)=O)cc1.I. The zero-order valence-corrected chi connectivity index (χ0v) is 19.4. The first-order valence-corrected chi connectivity index (χ1v) is 10.7. The van der Waals surface area contributed by atoms with E-state index < -0.39 is 15.7 Å². The molecule has 0 saturated carbocycles. The molecule has 2 N–H and O–H groups in total. The molecule has 2 aromatic rings. The number of rotatable bonds is 7. The lowest BCUT2D eigenvalue weighted by Gasteiger charge is -2.12. The van der Waals surface area contributed by atoms with Gasteiger partial charge >= 0.3 is 0 Å². The van der Waals surface area contributed by atoms with Gasteiger partial charge in [0.25, 0.3) is 0 Å². The summed E-state index contributed by atoms with van der Waals surface area (Å²) >= 11 is 0. The molecule has 0 spiro atoms. The van der Waals surface area contributed by atoms with Crippen molar-refractivity contribution >= 4 is 39.8 Å². The van der Waals surface area contributed by atoms with E-state index in [1.54, 1.807) is 36.4 Å². The predicted molar refractivity (Wildman–Crippen MR) is 123 cm³/mol. The number of sulfone groups is 1. The van der Waals surface area contributed by atoms with Crippen molar-refractivity contribution in [1.82, 2.24) is 10.6 Å². The Labute approximate surface area is 188 Å². The van der Waals surface area contributed by atoms with Crippen LogP contribution in [0.2, 0.25) is 0 Å². The monoisotopic (exact) mass is 530 g/mol. The fourth-order valence-electron chi connectivity index (χ4n) is 2.48. The van der Waals surface area contributed by atoms with Crippen LogP contribution in [0.5, 0.6) is 0 Å². The molecule has 0 bridgehead atoms. The maximum atomic E-state index is 14.0. The number of aliphatic imine (C=N–C) groups is 1. The molecule has 0 aromatic heterocycles. The molecule has 156 valence electrons. The molecule has 0 radical (unpaired) electrons. The molecule has 0 fully saturated rings. The minimum absolute atomic E-state index is 0. The quantitative estimate of drug-likeness (QED) is 0.326. The average Bonchev–Trinajstić information content (AvgIpc) is 2.66. The zero-order valence-electron chi connectivity index (χ0n) is 16.3. The second-order valence-electron chi connectivity index (χ2n) is 6.21. The van der Waals surface area contributed by atoms with Gasteiger partial charge in [-0.2, -0.15) is 5.26 Å². The topological polar surface area (TPSA) is 94.3 Å². The van der Waals surface area contributed by atoms with Crippen molar-refractivity contribution in [2.45, 2.75) is 24.8 Å². The lowest BCUT2D eigenvalue weighted by Crippen LogP contribution is -2.38. The van der Waals surface area contributed by atoms with E-state index in [9.17, 15) is 12.8 Å². The van der Waals surface area contributed by atoms with Gasteiger partial charge in [0.1, 0.15) is 5.82 Å². The summed E-state index contributed by atoms with van der Waals surface area (Å²) in [5, 5.41) is 15.1. The Balaban J connectivity index is 0.00000420. The Hall–Kier alpha value is -2.19. The van der Waals surface area contributed by atoms with Crippen LogP contribution in [-0.4, -0.2) is 33.7 Å². The van der Waals surface area contributed by atoms with Crippen LogP contribution in [-0.2, 0) is 22.8 Å². The van der Waals surface area contributed by atoms with Gasteiger partial charge in [-0.05, 0) is 43.2 Å². The third-order valence-electron chi connectivity index (χ3n) is 3.99. The van der Waals surface area contributed by atoms with Crippen molar-refractivity contribution in [3.05, 3.63) is 65.0 Å². The highest BCUT2D eigenvalue weighted by Crippen LogP contribution is 2.12. The van der Waals surface area contributed by atoms with E-state index in [0.717, 1.165) is 5.56 Å². The van der Waals surface area contributed by atoms with Crippen LogP contribution in [0.4, 0.5) is 4.39 Å². The Morgan fingerprint density at radius 1 is 1.17 bits per heavy atom. The minimum atomic E-state index is -3.20. The number of hydrogen-bond donors (Lipinski definition) is 2. The molecule has 0 amide bonds. The molecule has 0 atom stereocenters. The molecule has 0 heterocycles. The first kappa shape index (κ1) is 24.8. The second kappa shape index (κ2) is 11.7. The number of nitrogens with one attached hydrogen (secondary N) is 2. The summed E-state index contributed by atoms with van der Waals surface area (Å²) in [7, 11) is -3.20. The summed E-state index contributed by atoms with van der Waals surface area (Å²) in [5.41, 5.74) is 1.68. The molecule has 0 unspecified atom stereocenters. The number of guanidine groups is 1. The van der Waals surface area contributed by atoms with E-state index in [1.165, 1.54) is 12.3 Å². The second-order valence-corrected chi connectivity index (χ2v) is 8.22. The van der Waals surface area contributed by atoms with Gasteiger partial charge in [0.15, 0.2) is 15.8 Å². The van der Waals surface area contributed by atoms with Crippen molar-refractivity contribution in [3.63, 3.8) is 0 Å². The zero-order chi connectivity index (χ0) is 20.6. The van der Waals surface area contributed by atoms with Crippen LogP contribution in [0.3, 0.4) is 0 Å². The molecule has 29 heavy (non-hydrogen) atoms. The van der Waals surface area contributed by atoms with Gasteiger partial charge in [0, 0.05) is 24.9 Å². The van der Waals surface area contributed by atoms with Crippen LogP contribution < -0.4 is 10.6 Å². The van der Waals surface area contributed by atoms with Gasteiger partial charge < -0.3 is 10.6 Å². The molecular formula is C20H24FIN4O2S. The van der Waals surface area contributed by atoms with E-state index in [4.69, 9.17) is 5.26 Å². The lowest BCUT2D eigenvalue weighted by atomic mass is 10.1.